The average molecular weight is 164 g/mol. The SMILES string of the molecule is COC(CO)C(O)CC(C)O. The zero-order valence-electron chi connectivity index (χ0n) is 6.90. The fourth-order valence-electron chi connectivity index (χ4n) is 0.855. The number of aliphatic hydroxyl groups excluding tert-OH is 3. The molecular weight excluding hydrogens is 148 g/mol. The van der Waals surface area contributed by atoms with E-state index in [1.54, 1.807) is 6.92 Å². The normalized spacial score (nSPS) is 19.4. The van der Waals surface area contributed by atoms with E-state index in [-0.39, 0.29) is 13.0 Å². The minimum absolute atomic E-state index is 0.221. The Morgan fingerprint density at radius 1 is 1.36 bits per heavy atom. The summed E-state index contributed by atoms with van der Waals surface area (Å²) in [4.78, 5) is 0. The van der Waals surface area contributed by atoms with E-state index >= 15 is 0 Å². The predicted octanol–water partition coefficient (Wildman–Crippen LogP) is -0.875. The fraction of sp³-hybridized carbons (Fsp3) is 1.00. The number of aliphatic hydroxyl groups is 3. The summed E-state index contributed by atoms with van der Waals surface area (Å²) in [6.45, 7) is 1.34. The predicted molar refractivity (Wildman–Crippen MR) is 40.2 cm³/mol. The lowest BCUT2D eigenvalue weighted by Gasteiger charge is -2.20. The average Bonchev–Trinajstić information content (AvgIpc) is 1.88. The summed E-state index contributed by atoms with van der Waals surface area (Å²) in [5.74, 6) is 0. The molecule has 0 aromatic heterocycles. The highest BCUT2D eigenvalue weighted by Crippen LogP contribution is 2.04. The number of rotatable bonds is 5. The molecule has 0 aromatic carbocycles. The van der Waals surface area contributed by atoms with Crippen molar-refractivity contribution in [3.05, 3.63) is 0 Å². The van der Waals surface area contributed by atoms with Crippen LogP contribution in [0.3, 0.4) is 0 Å². The van der Waals surface area contributed by atoms with Gasteiger partial charge in [0.2, 0.25) is 0 Å². The summed E-state index contributed by atoms with van der Waals surface area (Å²) in [6.07, 6.45) is -1.75. The van der Waals surface area contributed by atoms with Gasteiger partial charge in [0.1, 0.15) is 6.10 Å². The Morgan fingerprint density at radius 2 is 1.91 bits per heavy atom. The van der Waals surface area contributed by atoms with E-state index in [1.165, 1.54) is 7.11 Å². The van der Waals surface area contributed by atoms with E-state index in [0.29, 0.717) is 0 Å². The van der Waals surface area contributed by atoms with Crippen LogP contribution < -0.4 is 0 Å². The Hall–Kier alpha value is -0.160. The molecule has 0 amide bonds. The first-order valence-corrected chi connectivity index (χ1v) is 3.61. The summed E-state index contributed by atoms with van der Waals surface area (Å²) < 4.78 is 4.75. The van der Waals surface area contributed by atoms with Crippen LogP contribution in [0.2, 0.25) is 0 Å². The summed E-state index contributed by atoms with van der Waals surface area (Å²) >= 11 is 0. The third kappa shape index (κ3) is 4.31. The minimum Gasteiger partial charge on any atom is -0.394 e. The second-order valence-corrected chi connectivity index (χ2v) is 2.61. The molecule has 0 bridgehead atoms. The number of methoxy groups -OCH3 is 1. The van der Waals surface area contributed by atoms with Crippen LogP contribution in [0, 0.1) is 0 Å². The zero-order chi connectivity index (χ0) is 8.85. The maximum atomic E-state index is 9.23. The molecule has 0 saturated heterocycles. The molecule has 0 heterocycles. The van der Waals surface area contributed by atoms with Crippen molar-refractivity contribution in [3.63, 3.8) is 0 Å². The summed E-state index contributed by atoms with van der Waals surface area (Å²) in [5.41, 5.74) is 0. The number of ether oxygens (including phenoxy) is 1. The van der Waals surface area contributed by atoms with Gasteiger partial charge in [0.05, 0.1) is 18.8 Å². The molecule has 3 N–H and O–H groups in total. The summed E-state index contributed by atoms with van der Waals surface area (Å²) in [7, 11) is 1.41. The Morgan fingerprint density at radius 3 is 2.18 bits per heavy atom. The van der Waals surface area contributed by atoms with Gasteiger partial charge in [-0.3, -0.25) is 0 Å². The third-order valence-corrected chi connectivity index (χ3v) is 1.49. The maximum absolute atomic E-state index is 9.23. The van der Waals surface area contributed by atoms with Crippen molar-refractivity contribution in [2.75, 3.05) is 13.7 Å². The second-order valence-electron chi connectivity index (χ2n) is 2.61. The third-order valence-electron chi connectivity index (χ3n) is 1.49. The van der Waals surface area contributed by atoms with E-state index in [4.69, 9.17) is 14.9 Å². The standard InChI is InChI=1S/C7H16O4/c1-5(9)3-6(10)7(4-8)11-2/h5-10H,3-4H2,1-2H3. The van der Waals surface area contributed by atoms with Crippen LogP contribution in [-0.4, -0.2) is 47.3 Å². The Kier molecular flexibility index (Phi) is 5.41. The van der Waals surface area contributed by atoms with Gasteiger partial charge in [-0.2, -0.15) is 0 Å². The first-order valence-electron chi connectivity index (χ1n) is 3.61. The van der Waals surface area contributed by atoms with Gasteiger partial charge in [-0.1, -0.05) is 0 Å². The van der Waals surface area contributed by atoms with Gasteiger partial charge in [0.15, 0.2) is 0 Å². The molecule has 68 valence electrons. The van der Waals surface area contributed by atoms with Crippen LogP contribution in [0.1, 0.15) is 13.3 Å². The molecule has 0 fully saturated rings. The van der Waals surface area contributed by atoms with Gasteiger partial charge in [-0.25, -0.2) is 0 Å². The second kappa shape index (κ2) is 5.49. The Labute approximate surface area is 66.4 Å². The van der Waals surface area contributed by atoms with Crippen molar-refractivity contribution >= 4 is 0 Å². The molecule has 0 aliphatic heterocycles. The van der Waals surface area contributed by atoms with Crippen LogP contribution in [0.4, 0.5) is 0 Å². The monoisotopic (exact) mass is 164 g/mol. The Bertz CT molecular complexity index is 90.4. The zero-order valence-corrected chi connectivity index (χ0v) is 6.90. The molecule has 0 spiro atoms. The van der Waals surface area contributed by atoms with Crippen molar-refractivity contribution in [1.29, 1.82) is 0 Å². The van der Waals surface area contributed by atoms with Crippen molar-refractivity contribution in [2.45, 2.75) is 31.7 Å². The molecule has 0 aromatic rings. The highest BCUT2D eigenvalue weighted by atomic mass is 16.5. The van der Waals surface area contributed by atoms with E-state index in [1.807, 2.05) is 0 Å². The van der Waals surface area contributed by atoms with E-state index in [0.717, 1.165) is 0 Å². The van der Waals surface area contributed by atoms with Crippen molar-refractivity contribution in [3.8, 4) is 0 Å². The fourth-order valence-corrected chi connectivity index (χ4v) is 0.855. The first kappa shape index (κ1) is 10.8. The minimum atomic E-state index is -0.801. The molecule has 3 atom stereocenters. The Balaban J connectivity index is 3.68. The first-order chi connectivity index (χ1) is 5.11. The van der Waals surface area contributed by atoms with Gasteiger partial charge in [0, 0.05) is 13.5 Å². The van der Waals surface area contributed by atoms with Crippen molar-refractivity contribution < 1.29 is 20.1 Å². The lowest BCUT2D eigenvalue weighted by molar-refractivity contribution is -0.0562. The van der Waals surface area contributed by atoms with Crippen molar-refractivity contribution in [2.24, 2.45) is 0 Å². The molecule has 0 aliphatic rings. The molecule has 0 radical (unpaired) electrons. The van der Waals surface area contributed by atoms with E-state index in [2.05, 4.69) is 0 Å². The molecule has 11 heavy (non-hydrogen) atoms. The van der Waals surface area contributed by atoms with E-state index in [9.17, 15) is 5.11 Å². The topological polar surface area (TPSA) is 69.9 Å². The molecular formula is C7H16O4. The smallest absolute Gasteiger partial charge is 0.106 e. The van der Waals surface area contributed by atoms with Gasteiger partial charge >= 0.3 is 0 Å². The summed E-state index contributed by atoms with van der Waals surface area (Å²) in [5, 5.41) is 26.7. The lowest BCUT2D eigenvalue weighted by atomic mass is 10.1. The number of hydrogen-bond acceptors (Lipinski definition) is 4. The van der Waals surface area contributed by atoms with Crippen LogP contribution in [-0.2, 0) is 4.74 Å². The van der Waals surface area contributed by atoms with Crippen LogP contribution in [0.15, 0.2) is 0 Å². The summed E-state index contributed by atoms with van der Waals surface area (Å²) in [6, 6.07) is 0. The van der Waals surface area contributed by atoms with E-state index < -0.39 is 18.3 Å². The lowest BCUT2D eigenvalue weighted by Crippen LogP contribution is -2.33. The molecule has 0 aliphatic carbocycles. The van der Waals surface area contributed by atoms with Gasteiger partial charge in [0.25, 0.3) is 0 Å². The van der Waals surface area contributed by atoms with Gasteiger partial charge in [-0.15, -0.1) is 0 Å². The molecule has 0 saturated carbocycles. The quantitative estimate of drug-likeness (QED) is 0.494. The molecule has 0 rings (SSSR count). The highest BCUT2D eigenvalue weighted by molar-refractivity contribution is 4.69. The van der Waals surface area contributed by atoms with Crippen molar-refractivity contribution in [1.82, 2.24) is 0 Å². The van der Waals surface area contributed by atoms with Gasteiger partial charge < -0.3 is 20.1 Å². The molecule has 4 nitrogen and oxygen atoms in total. The van der Waals surface area contributed by atoms with Gasteiger partial charge in [-0.05, 0) is 6.92 Å². The number of hydrogen-bond donors (Lipinski definition) is 3. The van der Waals surface area contributed by atoms with Crippen LogP contribution >= 0.6 is 0 Å². The maximum Gasteiger partial charge on any atom is 0.106 e. The van der Waals surface area contributed by atoms with Crippen LogP contribution in [0.25, 0.3) is 0 Å². The largest absolute Gasteiger partial charge is 0.394 e. The highest BCUT2D eigenvalue weighted by Gasteiger charge is 2.18. The molecule has 4 heteroatoms. The van der Waals surface area contributed by atoms with Crippen LogP contribution in [0.5, 0.6) is 0 Å². The molecule has 3 unspecified atom stereocenters.